The largest absolute Gasteiger partial charge is 0.433 e. The molecule has 0 saturated carbocycles. The lowest BCUT2D eigenvalue weighted by atomic mass is 9.93. The molecule has 0 aliphatic carbocycles. The number of halogens is 6. The number of hydrogen-bond donors (Lipinski definition) is 1. The van der Waals surface area contributed by atoms with Gasteiger partial charge in [-0.1, -0.05) is 11.6 Å². The lowest BCUT2D eigenvalue weighted by Crippen LogP contribution is -2.60. The summed E-state index contributed by atoms with van der Waals surface area (Å²) >= 11 is 5.97. The highest BCUT2D eigenvalue weighted by atomic mass is 35.5. The van der Waals surface area contributed by atoms with Crippen LogP contribution < -0.4 is 10.5 Å². The van der Waals surface area contributed by atoms with Crippen molar-refractivity contribution in [2.75, 3.05) is 6.61 Å². The molecule has 1 aromatic rings. The third-order valence-corrected chi connectivity index (χ3v) is 3.88. The summed E-state index contributed by atoms with van der Waals surface area (Å²) in [6, 6.07) is 1.06. The fourth-order valence-electron chi connectivity index (χ4n) is 2.10. The number of pyridine rings is 1. The summed E-state index contributed by atoms with van der Waals surface area (Å²) in [5.74, 6) is -1.08. The molecule has 5 nitrogen and oxygen atoms in total. The second-order valence-corrected chi connectivity index (χ2v) is 5.88. The van der Waals surface area contributed by atoms with E-state index in [1.165, 1.54) is 6.92 Å². The van der Waals surface area contributed by atoms with Crippen LogP contribution in [-0.4, -0.2) is 35.8 Å². The van der Waals surface area contributed by atoms with Crippen molar-refractivity contribution in [2.24, 2.45) is 10.7 Å². The molecule has 1 aliphatic rings. The van der Waals surface area contributed by atoms with E-state index in [9.17, 15) is 22.0 Å². The van der Waals surface area contributed by atoms with E-state index in [1.807, 2.05) is 0 Å². The Morgan fingerprint density at radius 1 is 1.38 bits per heavy atom. The van der Waals surface area contributed by atoms with Crippen molar-refractivity contribution in [3.8, 4) is 5.75 Å². The lowest BCUT2D eigenvalue weighted by molar-refractivity contribution is -0.249. The number of aromatic nitrogens is 1. The van der Waals surface area contributed by atoms with Gasteiger partial charge in [0.05, 0.1) is 23.5 Å². The molecule has 11 heteroatoms. The highest BCUT2D eigenvalue weighted by Crippen LogP contribution is 2.42. The first kappa shape index (κ1) is 18.7. The maximum atomic E-state index is 13.1. The molecule has 0 amide bonds. The monoisotopic (exact) mass is 373 g/mol. The van der Waals surface area contributed by atoms with E-state index in [2.05, 4.69) is 14.7 Å². The Morgan fingerprint density at radius 3 is 2.46 bits per heavy atom. The number of nitrogens with zero attached hydrogens (tertiary/aromatic N) is 2. The van der Waals surface area contributed by atoms with Gasteiger partial charge in [0.2, 0.25) is 5.60 Å². The molecule has 0 aromatic carbocycles. The summed E-state index contributed by atoms with van der Waals surface area (Å²) in [6.07, 6.45) is -3.80. The van der Waals surface area contributed by atoms with Crippen molar-refractivity contribution < 1.29 is 31.4 Å². The summed E-state index contributed by atoms with van der Waals surface area (Å²) in [6.45, 7) is -1.40. The zero-order chi connectivity index (χ0) is 18.3. The van der Waals surface area contributed by atoms with Crippen LogP contribution in [0, 0.1) is 0 Å². The topological polar surface area (TPSA) is 69.7 Å². The SMILES string of the molecule is CC1(c2ncc(OC(F)F)cc2Cl)COC(C)(C(F)(F)F)C(N)=N1. The van der Waals surface area contributed by atoms with Crippen LogP contribution in [0.5, 0.6) is 5.75 Å². The molecule has 1 aromatic heterocycles. The van der Waals surface area contributed by atoms with Crippen molar-refractivity contribution in [1.82, 2.24) is 4.98 Å². The predicted molar refractivity (Wildman–Crippen MR) is 75.3 cm³/mol. The molecule has 2 heterocycles. The lowest BCUT2D eigenvalue weighted by Gasteiger charge is -2.40. The van der Waals surface area contributed by atoms with Gasteiger partial charge >= 0.3 is 12.8 Å². The van der Waals surface area contributed by atoms with E-state index < -0.39 is 36.4 Å². The summed E-state index contributed by atoms with van der Waals surface area (Å²) in [4.78, 5) is 7.73. The zero-order valence-electron chi connectivity index (χ0n) is 12.5. The molecule has 1 aliphatic heterocycles. The van der Waals surface area contributed by atoms with Crippen LogP contribution >= 0.6 is 11.6 Å². The van der Waals surface area contributed by atoms with Crippen molar-refractivity contribution in [3.05, 3.63) is 23.0 Å². The summed E-state index contributed by atoms with van der Waals surface area (Å²) in [5.41, 5.74) is 1.36. The van der Waals surface area contributed by atoms with Crippen molar-refractivity contribution >= 4 is 17.4 Å². The Kier molecular flexibility index (Phi) is 4.66. The normalized spacial score (nSPS) is 28.0. The molecule has 0 bridgehead atoms. The smallest absolute Gasteiger partial charge is 0.424 e. The van der Waals surface area contributed by atoms with Crippen LogP contribution in [0.3, 0.4) is 0 Å². The molecule has 24 heavy (non-hydrogen) atoms. The Balaban J connectivity index is 2.40. The quantitative estimate of drug-likeness (QED) is 0.826. The third-order valence-electron chi connectivity index (χ3n) is 3.59. The minimum atomic E-state index is -4.76. The van der Waals surface area contributed by atoms with Gasteiger partial charge in [-0.3, -0.25) is 9.98 Å². The van der Waals surface area contributed by atoms with Gasteiger partial charge in [-0.25, -0.2) is 0 Å². The maximum Gasteiger partial charge on any atom is 0.424 e. The Morgan fingerprint density at radius 2 is 2.00 bits per heavy atom. The summed E-state index contributed by atoms with van der Waals surface area (Å²) in [7, 11) is 0. The molecule has 0 saturated heterocycles. The van der Waals surface area contributed by atoms with Gasteiger partial charge in [-0.2, -0.15) is 22.0 Å². The van der Waals surface area contributed by atoms with Crippen LogP contribution in [0.15, 0.2) is 17.3 Å². The molecule has 0 fully saturated rings. The van der Waals surface area contributed by atoms with E-state index in [0.29, 0.717) is 0 Å². The first-order chi connectivity index (χ1) is 10.9. The summed E-state index contributed by atoms with van der Waals surface area (Å²) in [5, 5.41) is -0.119. The highest BCUT2D eigenvalue weighted by molar-refractivity contribution is 6.31. The Bertz CT molecular complexity index is 669. The van der Waals surface area contributed by atoms with Gasteiger partial charge in [0.25, 0.3) is 0 Å². The Hall–Kier alpha value is -1.68. The van der Waals surface area contributed by atoms with Gasteiger partial charge in [-0.05, 0) is 13.8 Å². The average molecular weight is 374 g/mol. The predicted octanol–water partition coefficient (Wildman–Crippen LogP) is 3.26. The van der Waals surface area contributed by atoms with E-state index in [-0.39, 0.29) is 16.5 Å². The molecule has 2 unspecified atom stereocenters. The van der Waals surface area contributed by atoms with E-state index >= 15 is 0 Å². The number of hydrogen-bond acceptors (Lipinski definition) is 5. The van der Waals surface area contributed by atoms with Crippen LogP contribution in [0.25, 0.3) is 0 Å². The second kappa shape index (κ2) is 5.99. The standard InChI is InChI=1S/C13H13ClF5N3O2/c1-11(5-23-12(2,9(20)22-11)13(17,18)19)8-7(14)3-6(4-21-8)24-10(15)16/h3-4,10H,5H2,1-2H3,(H2,20,22). The number of nitrogens with two attached hydrogens (primary N) is 1. The fourth-order valence-corrected chi connectivity index (χ4v) is 2.46. The molecule has 0 spiro atoms. The summed E-state index contributed by atoms with van der Waals surface area (Å²) < 4.78 is 72.6. The first-order valence-corrected chi connectivity index (χ1v) is 6.94. The number of alkyl halides is 5. The van der Waals surface area contributed by atoms with Crippen LogP contribution in [0.1, 0.15) is 19.5 Å². The zero-order valence-corrected chi connectivity index (χ0v) is 13.3. The number of rotatable bonds is 3. The van der Waals surface area contributed by atoms with Gasteiger partial charge in [-0.15, -0.1) is 0 Å². The molecule has 2 atom stereocenters. The van der Waals surface area contributed by atoms with Crippen LogP contribution in [-0.2, 0) is 10.3 Å². The number of aliphatic imine (C=N–C) groups is 1. The van der Waals surface area contributed by atoms with Gasteiger partial charge in [0.1, 0.15) is 17.1 Å². The second-order valence-electron chi connectivity index (χ2n) is 5.47. The average Bonchev–Trinajstić information content (AvgIpc) is 2.41. The van der Waals surface area contributed by atoms with Gasteiger partial charge in [0.15, 0.2) is 0 Å². The van der Waals surface area contributed by atoms with E-state index in [4.69, 9.17) is 22.1 Å². The highest BCUT2D eigenvalue weighted by Gasteiger charge is 2.59. The minimum absolute atomic E-state index is 0.0259. The Labute approximate surface area is 138 Å². The fraction of sp³-hybridized carbons (Fsp3) is 0.538. The molecular formula is C13H13ClF5N3O2. The van der Waals surface area contributed by atoms with Crippen LogP contribution in [0.4, 0.5) is 22.0 Å². The van der Waals surface area contributed by atoms with Crippen molar-refractivity contribution in [3.63, 3.8) is 0 Å². The van der Waals surface area contributed by atoms with Crippen LogP contribution in [0.2, 0.25) is 5.02 Å². The van der Waals surface area contributed by atoms with Gasteiger partial charge < -0.3 is 15.2 Å². The molecule has 134 valence electrons. The maximum absolute atomic E-state index is 13.1. The number of ether oxygens (including phenoxy) is 2. The van der Waals surface area contributed by atoms with E-state index in [0.717, 1.165) is 19.2 Å². The van der Waals surface area contributed by atoms with Crippen molar-refractivity contribution in [1.29, 1.82) is 0 Å². The van der Waals surface area contributed by atoms with Gasteiger partial charge in [0, 0.05) is 6.07 Å². The first-order valence-electron chi connectivity index (χ1n) is 6.56. The minimum Gasteiger partial charge on any atom is -0.433 e. The molecule has 2 N–H and O–H groups in total. The third kappa shape index (κ3) is 3.25. The molecule has 2 rings (SSSR count). The molecule has 0 radical (unpaired) electrons. The van der Waals surface area contributed by atoms with Crippen molar-refractivity contribution in [2.45, 2.75) is 37.8 Å². The number of amidine groups is 1. The van der Waals surface area contributed by atoms with E-state index in [1.54, 1.807) is 0 Å². The molecular weight excluding hydrogens is 361 g/mol.